The van der Waals surface area contributed by atoms with Crippen molar-refractivity contribution < 1.29 is 0 Å². The van der Waals surface area contributed by atoms with Crippen LogP contribution < -0.4 is 11.5 Å². The summed E-state index contributed by atoms with van der Waals surface area (Å²) < 4.78 is 0. The van der Waals surface area contributed by atoms with Crippen molar-refractivity contribution >= 4 is 16.7 Å². The average molecular weight is 264 g/mol. The molecule has 0 radical (unpaired) electrons. The van der Waals surface area contributed by atoms with Gasteiger partial charge in [0.15, 0.2) is 0 Å². The van der Waals surface area contributed by atoms with Gasteiger partial charge in [-0.25, -0.2) is 4.98 Å². The third-order valence-electron chi connectivity index (χ3n) is 3.37. The van der Waals surface area contributed by atoms with Gasteiger partial charge in [-0.15, -0.1) is 0 Å². The fourth-order valence-electron chi connectivity index (χ4n) is 2.25. The molecule has 100 valence electrons. The van der Waals surface area contributed by atoms with Gasteiger partial charge in [-0.2, -0.15) is 0 Å². The van der Waals surface area contributed by atoms with E-state index < -0.39 is 0 Å². The molecular weight excluding hydrogens is 248 g/mol. The molecule has 0 amide bonds. The number of para-hydroxylation sites is 1. The normalized spacial score (nSPS) is 12.4. The highest BCUT2D eigenvalue weighted by Gasteiger charge is 2.11. The Morgan fingerprint density at radius 2 is 1.85 bits per heavy atom. The molecule has 2 heterocycles. The Hall–Kier alpha value is -2.46. The number of hydrogen-bond donors (Lipinski definition) is 2. The van der Waals surface area contributed by atoms with Gasteiger partial charge in [-0.1, -0.05) is 30.3 Å². The molecule has 0 fully saturated rings. The van der Waals surface area contributed by atoms with E-state index in [1.165, 1.54) is 0 Å². The summed E-state index contributed by atoms with van der Waals surface area (Å²) in [4.78, 5) is 8.69. The number of nitrogens with two attached hydrogens (primary N) is 2. The summed E-state index contributed by atoms with van der Waals surface area (Å²) in [7, 11) is 0. The van der Waals surface area contributed by atoms with Crippen molar-refractivity contribution in [3.05, 3.63) is 66.0 Å². The minimum Gasteiger partial charge on any atom is -0.383 e. The molecule has 4 heteroatoms. The maximum absolute atomic E-state index is 6.24. The van der Waals surface area contributed by atoms with Crippen molar-refractivity contribution in [1.82, 2.24) is 9.97 Å². The van der Waals surface area contributed by atoms with E-state index >= 15 is 0 Å². The predicted octanol–water partition coefficient (Wildman–Crippen LogP) is 2.45. The Balaban J connectivity index is 1.89. The number of pyridine rings is 2. The first kappa shape index (κ1) is 12.6. The van der Waals surface area contributed by atoms with Gasteiger partial charge in [0.2, 0.25) is 0 Å². The minimum absolute atomic E-state index is 0.189. The second kappa shape index (κ2) is 5.27. The third-order valence-corrected chi connectivity index (χ3v) is 3.37. The van der Waals surface area contributed by atoms with Crippen molar-refractivity contribution in [2.24, 2.45) is 5.73 Å². The van der Waals surface area contributed by atoms with Crippen LogP contribution in [0.5, 0.6) is 0 Å². The molecule has 0 aliphatic carbocycles. The smallest absolute Gasteiger partial charge is 0.126 e. The second-order valence-corrected chi connectivity index (χ2v) is 4.79. The van der Waals surface area contributed by atoms with Gasteiger partial charge in [-0.05, 0) is 30.2 Å². The van der Waals surface area contributed by atoms with E-state index in [-0.39, 0.29) is 6.04 Å². The lowest BCUT2D eigenvalue weighted by Crippen LogP contribution is -2.16. The van der Waals surface area contributed by atoms with Crippen LogP contribution in [-0.4, -0.2) is 9.97 Å². The summed E-state index contributed by atoms with van der Waals surface area (Å²) >= 11 is 0. The maximum atomic E-state index is 6.24. The van der Waals surface area contributed by atoms with Crippen molar-refractivity contribution in [2.45, 2.75) is 12.5 Å². The average Bonchev–Trinajstić information content (AvgIpc) is 2.49. The number of benzene rings is 1. The van der Waals surface area contributed by atoms with Gasteiger partial charge in [0, 0.05) is 11.6 Å². The monoisotopic (exact) mass is 264 g/mol. The number of anilines is 1. The molecule has 0 saturated carbocycles. The van der Waals surface area contributed by atoms with Gasteiger partial charge in [0.1, 0.15) is 5.82 Å². The molecule has 20 heavy (non-hydrogen) atoms. The molecule has 0 bridgehead atoms. The van der Waals surface area contributed by atoms with E-state index in [1.54, 1.807) is 6.20 Å². The lowest BCUT2D eigenvalue weighted by molar-refractivity contribution is 0.700. The van der Waals surface area contributed by atoms with Crippen molar-refractivity contribution in [1.29, 1.82) is 0 Å². The number of hydrogen-bond acceptors (Lipinski definition) is 4. The zero-order valence-corrected chi connectivity index (χ0v) is 11.0. The van der Waals surface area contributed by atoms with Crippen molar-refractivity contribution in [3.63, 3.8) is 0 Å². The van der Waals surface area contributed by atoms with E-state index in [0.29, 0.717) is 12.2 Å². The third kappa shape index (κ3) is 2.46. The Kier molecular flexibility index (Phi) is 3.31. The number of nitrogens with zero attached hydrogens (tertiary/aromatic N) is 2. The van der Waals surface area contributed by atoms with Crippen molar-refractivity contribution in [3.8, 4) is 0 Å². The molecule has 1 atom stereocenters. The molecule has 2 aromatic heterocycles. The van der Waals surface area contributed by atoms with E-state index in [4.69, 9.17) is 11.5 Å². The van der Waals surface area contributed by atoms with Crippen LogP contribution in [0.15, 0.2) is 54.7 Å². The van der Waals surface area contributed by atoms with Gasteiger partial charge in [0.25, 0.3) is 0 Å². The van der Waals surface area contributed by atoms with Gasteiger partial charge < -0.3 is 11.5 Å². The van der Waals surface area contributed by atoms with Gasteiger partial charge in [-0.3, -0.25) is 4.98 Å². The summed E-state index contributed by atoms with van der Waals surface area (Å²) in [6.45, 7) is 0. The van der Waals surface area contributed by atoms with Crippen LogP contribution in [0.3, 0.4) is 0 Å². The topological polar surface area (TPSA) is 77.8 Å². The lowest BCUT2D eigenvalue weighted by Gasteiger charge is -2.13. The lowest BCUT2D eigenvalue weighted by atomic mass is 10.0. The highest BCUT2D eigenvalue weighted by atomic mass is 14.8. The van der Waals surface area contributed by atoms with Gasteiger partial charge >= 0.3 is 0 Å². The number of rotatable bonds is 3. The highest BCUT2D eigenvalue weighted by Crippen LogP contribution is 2.20. The van der Waals surface area contributed by atoms with Crippen LogP contribution >= 0.6 is 0 Å². The van der Waals surface area contributed by atoms with Gasteiger partial charge in [0.05, 0.1) is 17.3 Å². The zero-order valence-electron chi connectivity index (χ0n) is 11.0. The molecule has 1 aromatic carbocycles. The van der Waals surface area contributed by atoms with Crippen LogP contribution in [0, 0.1) is 0 Å². The van der Waals surface area contributed by atoms with Crippen LogP contribution in [-0.2, 0) is 6.42 Å². The largest absolute Gasteiger partial charge is 0.383 e. The minimum atomic E-state index is -0.189. The first-order chi connectivity index (χ1) is 9.74. The summed E-state index contributed by atoms with van der Waals surface area (Å²) in [5, 5.41) is 1.12. The first-order valence-corrected chi connectivity index (χ1v) is 6.54. The van der Waals surface area contributed by atoms with Crippen LogP contribution in [0.2, 0.25) is 0 Å². The molecular formula is C16H16N4. The molecule has 0 aliphatic heterocycles. The summed E-state index contributed by atoms with van der Waals surface area (Å²) in [5.74, 6) is 0.531. The number of nitrogen functional groups attached to an aromatic ring is 1. The SMILES string of the molecule is Nc1ncccc1CC(N)c1ccc2ccccc2n1. The molecule has 4 nitrogen and oxygen atoms in total. The van der Waals surface area contributed by atoms with Crippen molar-refractivity contribution in [2.75, 3.05) is 5.73 Å². The van der Waals surface area contributed by atoms with Crippen LogP contribution in [0.25, 0.3) is 10.9 Å². The Morgan fingerprint density at radius 1 is 1.00 bits per heavy atom. The molecule has 0 aliphatic rings. The fourth-order valence-corrected chi connectivity index (χ4v) is 2.25. The Bertz CT molecular complexity index is 739. The Labute approximate surface area is 117 Å². The quantitative estimate of drug-likeness (QED) is 0.761. The predicted molar refractivity (Wildman–Crippen MR) is 81.0 cm³/mol. The summed E-state index contributed by atoms with van der Waals surface area (Å²) in [6.07, 6.45) is 2.31. The van der Waals surface area contributed by atoms with E-state index in [2.05, 4.69) is 9.97 Å². The Morgan fingerprint density at radius 3 is 2.70 bits per heavy atom. The highest BCUT2D eigenvalue weighted by molar-refractivity contribution is 5.78. The van der Waals surface area contributed by atoms with Crippen LogP contribution in [0.1, 0.15) is 17.3 Å². The molecule has 1 unspecified atom stereocenters. The zero-order chi connectivity index (χ0) is 13.9. The number of fused-ring (bicyclic) bond motifs is 1. The molecule has 3 aromatic rings. The number of aromatic nitrogens is 2. The van der Waals surface area contributed by atoms with E-state index in [9.17, 15) is 0 Å². The molecule has 0 spiro atoms. The summed E-state index contributed by atoms with van der Waals surface area (Å²) in [5.41, 5.74) is 14.9. The first-order valence-electron chi connectivity index (χ1n) is 6.54. The van der Waals surface area contributed by atoms with E-state index in [0.717, 1.165) is 22.2 Å². The van der Waals surface area contributed by atoms with E-state index in [1.807, 2.05) is 48.5 Å². The fraction of sp³-hybridized carbons (Fsp3) is 0.125. The van der Waals surface area contributed by atoms with Crippen LogP contribution in [0.4, 0.5) is 5.82 Å². The maximum Gasteiger partial charge on any atom is 0.126 e. The second-order valence-electron chi connectivity index (χ2n) is 4.79. The summed E-state index contributed by atoms with van der Waals surface area (Å²) in [6, 6.07) is 15.6. The molecule has 3 rings (SSSR count). The molecule has 0 saturated heterocycles. The standard InChI is InChI=1S/C16H16N4/c17-13(10-12-5-3-9-19-16(12)18)15-8-7-11-4-1-2-6-14(11)20-15/h1-9,13H,10,17H2,(H2,18,19). The molecule has 4 N–H and O–H groups in total.